The zero-order valence-electron chi connectivity index (χ0n) is 7.90. The molecule has 0 saturated heterocycles. The Morgan fingerprint density at radius 3 is 1.71 bits per heavy atom. The predicted molar refractivity (Wildman–Crippen MR) is 58.2 cm³/mol. The number of fused-ring (bicyclic) bond motifs is 2. The molecule has 0 aliphatic heterocycles. The van der Waals surface area contributed by atoms with Crippen molar-refractivity contribution < 1.29 is 0 Å². The van der Waals surface area contributed by atoms with E-state index in [9.17, 15) is 0 Å². The van der Waals surface area contributed by atoms with Crippen molar-refractivity contribution in [3.05, 3.63) is 77.2 Å². The summed E-state index contributed by atoms with van der Waals surface area (Å²) in [6.45, 7) is 0. The average molecular weight is 179 g/mol. The molecule has 0 fully saturated rings. The first kappa shape index (κ1) is 7.81. The Hall–Kier alpha value is -1.56. The Morgan fingerprint density at radius 2 is 1.14 bits per heavy atom. The minimum Gasteiger partial charge on any atom is -0.0620 e. The molecule has 1 aliphatic carbocycles. The van der Waals surface area contributed by atoms with Crippen molar-refractivity contribution >= 4 is 0 Å². The first-order valence-electron chi connectivity index (χ1n) is 4.94. The second kappa shape index (κ2) is 2.98. The van der Waals surface area contributed by atoms with Crippen molar-refractivity contribution in [1.82, 2.24) is 0 Å². The molecule has 1 aliphatic rings. The molecule has 0 heteroatoms. The lowest BCUT2D eigenvalue weighted by atomic mass is 9.86. The predicted octanol–water partition coefficient (Wildman–Crippen LogP) is 3.19. The highest BCUT2D eigenvalue weighted by Gasteiger charge is 2.13. The van der Waals surface area contributed by atoms with Crippen LogP contribution in [0.4, 0.5) is 0 Å². The van der Waals surface area contributed by atoms with E-state index in [0.29, 0.717) is 0 Å². The van der Waals surface area contributed by atoms with Crippen LogP contribution in [0.25, 0.3) is 0 Å². The van der Waals surface area contributed by atoms with Crippen LogP contribution in [0.3, 0.4) is 0 Å². The maximum absolute atomic E-state index is 2.27. The molecule has 0 saturated carbocycles. The molecule has 67 valence electrons. The van der Waals surface area contributed by atoms with Gasteiger partial charge in [0.15, 0.2) is 0 Å². The van der Waals surface area contributed by atoms with E-state index in [4.69, 9.17) is 0 Å². The summed E-state index contributed by atoms with van der Waals surface area (Å²) in [7, 11) is 0. The molecule has 2 aromatic carbocycles. The van der Waals surface area contributed by atoms with Crippen molar-refractivity contribution in [3.8, 4) is 0 Å². The monoisotopic (exact) mass is 179 g/mol. The lowest BCUT2D eigenvalue weighted by Crippen LogP contribution is -2.04. The molecule has 14 heavy (non-hydrogen) atoms. The average Bonchev–Trinajstić information content (AvgIpc) is 2.26. The molecule has 0 bridgehead atoms. The van der Waals surface area contributed by atoms with Gasteiger partial charge in [0.1, 0.15) is 0 Å². The van der Waals surface area contributed by atoms with Crippen LogP contribution in [-0.4, -0.2) is 0 Å². The van der Waals surface area contributed by atoms with Crippen LogP contribution in [0.15, 0.2) is 48.5 Å². The summed E-state index contributed by atoms with van der Waals surface area (Å²) in [6, 6.07) is 17.2. The lowest BCUT2D eigenvalue weighted by Gasteiger charge is -2.18. The zero-order chi connectivity index (χ0) is 9.38. The summed E-state index contributed by atoms with van der Waals surface area (Å²) < 4.78 is 0. The van der Waals surface area contributed by atoms with Gasteiger partial charge in [0.05, 0.1) is 0 Å². The normalized spacial score (nSPS) is 13.1. The molecule has 0 spiro atoms. The van der Waals surface area contributed by atoms with E-state index >= 15 is 0 Å². The Kier molecular flexibility index (Phi) is 1.66. The third-order valence-electron chi connectivity index (χ3n) is 2.80. The maximum atomic E-state index is 2.27. The fraction of sp³-hybridized carbons (Fsp3) is 0.0714. The molecule has 3 rings (SSSR count). The third kappa shape index (κ3) is 1.15. The van der Waals surface area contributed by atoms with E-state index in [2.05, 4.69) is 55.0 Å². The van der Waals surface area contributed by atoms with Gasteiger partial charge in [-0.2, -0.15) is 0 Å². The minimum absolute atomic E-state index is 1.07. The highest BCUT2D eigenvalue weighted by atomic mass is 14.2. The molecule has 0 unspecified atom stereocenters. The van der Waals surface area contributed by atoms with Gasteiger partial charge in [0.25, 0.3) is 0 Å². The van der Waals surface area contributed by atoms with Gasteiger partial charge in [-0.05, 0) is 28.7 Å². The molecule has 0 atom stereocenters. The topological polar surface area (TPSA) is 0 Å². The van der Waals surface area contributed by atoms with Gasteiger partial charge < -0.3 is 0 Å². The summed E-state index contributed by atoms with van der Waals surface area (Å²) in [6.07, 6.45) is 3.34. The molecule has 2 aromatic rings. The van der Waals surface area contributed by atoms with E-state index in [1.54, 1.807) is 0 Å². The highest BCUT2D eigenvalue weighted by molar-refractivity contribution is 5.52. The smallest absolute Gasteiger partial charge is 0.0205 e. The largest absolute Gasteiger partial charge is 0.0620 e. The van der Waals surface area contributed by atoms with Crippen LogP contribution in [0, 0.1) is 6.42 Å². The van der Waals surface area contributed by atoms with Crippen LogP contribution in [0.2, 0.25) is 0 Å². The SMILES string of the molecule is [CH]1c2ccccc2Cc2ccccc21. The Bertz CT molecular complexity index is 381. The van der Waals surface area contributed by atoms with Crippen molar-refractivity contribution in [1.29, 1.82) is 0 Å². The van der Waals surface area contributed by atoms with E-state index in [-0.39, 0.29) is 0 Å². The van der Waals surface area contributed by atoms with Crippen LogP contribution in [0.5, 0.6) is 0 Å². The summed E-state index contributed by atoms with van der Waals surface area (Å²) in [5.74, 6) is 0. The summed E-state index contributed by atoms with van der Waals surface area (Å²) in [5, 5.41) is 0. The van der Waals surface area contributed by atoms with Crippen molar-refractivity contribution in [2.45, 2.75) is 6.42 Å². The van der Waals surface area contributed by atoms with Crippen LogP contribution < -0.4 is 0 Å². The van der Waals surface area contributed by atoms with Gasteiger partial charge in [-0.1, -0.05) is 48.5 Å². The standard InChI is InChI=1S/C14H11/c1-2-6-12-10-14-8-4-3-7-13(14)9-11(12)5-1/h1-9H,10H2. The van der Waals surface area contributed by atoms with E-state index < -0.39 is 0 Å². The number of hydrogen-bond donors (Lipinski definition) is 0. The Labute approximate surface area is 84.2 Å². The van der Waals surface area contributed by atoms with Gasteiger partial charge in [-0.3, -0.25) is 0 Å². The first-order valence-corrected chi connectivity index (χ1v) is 4.94. The number of benzene rings is 2. The molecule has 0 nitrogen and oxygen atoms in total. The van der Waals surface area contributed by atoms with Crippen LogP contribution in [-0.2, 0) is 6.42 Å². The second-order valence-electron chi connectivity index (χ2n) is 3.72. The zero-order valence-corrected chi connectivity index (χ0v) is 7.90. The van der Waals surface area contributed by atoms with E-state index in [0.717, 1.165) is 6.42 Å². The maximum Gasteiger partial charge on any atom is 0.0205 e. The lowest BCUT2D eigenvalue weighted by molar-refractivity contribution is 1.10. The van der Waals surface area contributed by atoms with E-state index in [1.807, 2.05) is 0 Å². The molecular formula is C14H11. The fourth-order valence-electron chi connectivity index (χ4n) is 2.04. The molecule has 0 amide bonds. The number of rotatable bonds is 0. The van der Waals surface area contributed by atoms with Crippen LogP contribution in [0.1, 0.15) is 22.3 Å². The third-order valence-corrected chi connectivity index (χ3v) is 2.80. The molecular weight excluding hydrogens is 168 g/mol. The van der Waals surface area contributed by atoms with Gasteiger partial charge in [0, 0.05) is 6.42 Å². The first-order chi connectivity index (χ1) is 6.93. The molecule has 1 radical (unpaired) electrons. The van der Waals surface area contributed by atoms with Gasteiger partial charge >= 0.3 is 0 Å². The molecule has 0 N–H and O–H groups in total. The Morgan fingerprint density at radius 1 is 0.643 bits per heavy atom. The highest BCUT2D eigenvalue weighted by Crippen LogP contribution is 2.27. The van der Waals surface area contributed by atoms with Crippen molar-refractivity contribution in [2.75, 3.05) is 0 Å². The molecule has 0 heterocycles. The van der Waals surface area contributed by atoms with Crippen LogP contribution >= 0.6 is 0 Å². The fourth-order valence-corrected chi connectivity index (χ4v) is 2.04. The summed E-state index contributed by atoms with van der Waals surface area (Å²) in [5.41, 5.74) is 5.61. The van der Waals surface area contributed by atoms with Crippen molar-refractivity contribution in [2.24, 2.45) is 0 Å². The van der Waals surface area contributed by atoms with Crippen molar-refractivity contribution in [3.63, 3.8) is 0 Å². The van der Waals surface area contributed by atoms with Gasteiger partial charge in [0.2, 0.25) is 0 Å². The number of hydrogen-bond acceptors (Lipinski definition) is 0. The quantitative estimate of drug-likeness (QED) is 0.497. The Balaban J connectivity index is 2.12. The minimum atomic E-state index is 1.07. The summed E-state index contributed by atoms with van der Waals surface area (Å²) in [4.78, 5) is 0. The van der Waals surface area contributed by atoms with E-state index in [1.165, 1.54) is 22.3 Å². The molecule has 0 aromatic heterocycles. The van der Waals surface area contributed by atoms with Gasteiger partial charge in [-0.25, -0.2) is 0 Å². The summed E-state index contributed by atoms with van der Waals surface area (Å²) >= 11 is 0. The second-order valence-corrected chi connectivity index (χ2v) is 3.72. The van der Waals surface area contributed by atoms with Gasteiger partial charge in [-0.15, -0.1) is 0 Å².